The van der Waals surface area contributed by atoms with Crippen molar-refractivity contribution in [2.75, 3.05) is 89.1 Å². The molecule has 1 aliphatic carbocycles. The highest BCUT2D eigenvalue weighted by atomic mass is 35.5. The fourth-order valence-corrected chi connectivity index (χ4v) is 8.40. The van der Waals surface area contributed by atoms with Gasteiger partial charge in [0.2, 0.25) is 0 Å². The zero-order valence-electron chi connectivity index (χ0n) is 31.9. The van der Waals surface area contributed by atoms with Crippen molar-refractivity contribution < 1.29 is 42.9 Å². The fourth-order valence-electron chi connectivity index (χ4n) is 8.21. The maximum absolute atomic E-state index is 14.1. The molecule has 0 saturated carbocycles. The summed E-state index contributed by atoms with van der Waals surface area (Å²) in [5, 5.41) is 2.94. The molecule has 298 valence electrons. The van der Waals surface area contributed by atoms with Crippen molar-refractivity contribution in [1.29, 1.82) is 0 Å². The molecule has 1 spiro atoms. The Hall–Kier alpha value is -4.69. The van der Waals surface area contributed by atoms with E-state index in [0.29, 0.717) is 104 Å². The van der Waals surface area contributed by atoms with Crippen LogP contribution in [0.4, 0.5) is 11.4 Å². The SMILES string of the molecule is COC(=O)C1CN(c2ccc3c(c2)Oc2cc(N4CC(C(=O)OC)C4)ccc2C32c3cc(C(=O)NCCOCCOCCCCCCCl)ccc3C(=O)C2N)C1. The third-order valence-electron chi connectivity index (χ3n) is 11.4. The lowest BCUT2D eigenvalue weighted by molar-refractivity contribution is -0.147. The number of anilines is 2. The minimum Gasteiger partial charge on any atom is -0.469 e. The fraction of sp³-hybridized carbons (Fsp3) is 0.476. The largest absolute Gasteiger partial charge is 0.469 e. The van der Waals surface area contributed by atoms with E-state index >= 15 is 0 Å². The first-order valence-electron chi connectivity index (χ1n) is 19.3. The van der Waals surface area contributed by atoms with E-state index < -0.39 is 11.5 Å². The highest BCUT2D eigenvalue weighted by Crippen LogP contribution is 2.58. The van der Waals surface area contributed by atoms with Gasteiger partial charge in [-0.3, -0.25) is 19.2 Å². The van der Waals surface area contributed by atoms with E-state index in [9.17, 15) is 19.2 Å². The molecule has 0 aromatic heterocycles. The zero-order chi connectivity index (χ0) is 39.4. The number of alkyl halides is 1. The number of benzene rings is 3. The average molecular weight is 789 g/mol. The van der Waals surface area contributed by atoms with Crippen molar-refractivity contribution >= 4 is 46.6 Å². The van der Waals surface area contributed by atoms with Crippen molar-refractivity contribution in [2.24, 2.45) is 17.6 Å². The Bertz CT molecular complexity index is 1880. The number of amides is 1. The average Bonchev–Trinajstić information content (AvgIpc) is 3.38. The van der Waals surface area contributed by atoms with Crippen molar-refractivity contribution in [3.63, 3.8) is 0 Å². The molecule has 0 bridgehead atoms. The summed E-state index contributed by atoms with van der Waals surface area (Å²) in [6, 6.07) is 15.7. The van der Waals surface area contributed by atoms with Gasteiger partial charge in [-0.15, -0.1) is 11.6 Å². The number of esters is 2. The number of carbonyl (C=O) groups excluding carboxylic acids is 4. The molecule has 7 rings (SSSR count). The summed E-state index contributed by atoms with van der Waals surface area (Å²) in [6.45, 7) is 4.22. The van der Waals surface area contributed by atoms with Gasteiger partial charge < -0.3 is 44.5 Å². The summed E-state index contributed by atoms with van der Waals surface area (Å²) in [5.41, 5.74) is 10.4. The molecule has 3 N–H and O–H groups in total. The van der Waals surface area contributed by atoms with Crippen LogP contribution < -0.4 is 25.6 Å². The Kier molecular flexibility index (Phi) is 12.2. The molecule has 4 aliphatic rings. The number of ketones is 1. The van der Waals surface area contributed by atoms with Gasteiger partial charge in [-0.1, -0.05) is 31.0 Å². The Labute approximate surface area is 331 Å². The molecule has 1 amide bonds. The van der Waals surface area contributed by atoms with Crippen LogP contribution in [0.15, 0.2) is 54.6 Å². The number of nitrogens with two attached hydrogens (primary N) is 1. The van der Waals surface area contributed by atoms with Gasteiger partial charge in [0.1, 0.15) is 11.5 Å². The number of Topliss-reactive ketones (excluding diaryl/α,β-unsaturated/α-hetero) is 1. The molecule has 13 nitrogen and oxygen atoms in total. The van der Waals surface area contributed by atoms with E-state index in [2.05, 4.69) is 15.1 Å². The van der Waals surface area contributed by atoms with Crippen LogP contribution in [0.25, 0.3) is 0 Å². The number of unbranched alkanes of at least 4 members (excludes halogenated alkanes) is 3. The van der Waals surface area contributed by atoms with Crippen LogP contribution in [0, 0.1) is 11.8 Å². The van der Waals surface area contributed by atoms with Gasteiger partial charge in [0.05, 0.1) is 57.3 Å². The maximum atomic E-state index is 14.1. The van der Waals surface area contributed by atoms with Crippen molar-refractivity contribution in [3.05, 3.63) is 82.4 Å². The van der Waals surface area contributed by atoms with E-state index in [-0.39, 0.29) is 35.5 Å². The molecule has 3 aliphatic heterocycles. The molecule has 1 atom stereocenters. The van der Waals surface area contributed by atoms with Crippen LogP contribution in [0.5, 0.6) is 11.5 Å². The van der Waals surface area contributed by atoms with Crippen LogP contribution in [-0.2, 0) is 34.0 Å². The monoisotopic (exact) mass is 788 g/mol. The zero-order valence-corrected chi connectivity index (χ0v) is 32.6. The van der Waals surface area contributed by atoms with Crippen LogP contribution in [0.2, 0.25) is 0 Å². The minimum absolute atomic E-state index is 0.221. The highest BCUT2D eigenvalue weighted by Gasteiger charge is 2.57. The Morgan fingerprint density at radius 3 is 1.91 bits per heavy atom. The predicted octanol–water partition coefficient (Wildman–Crippen LogP) is 4.43. The number of rotatable bonds is 17. The molecule has 14 heteroatoms. The molecule has 2 saturated heterocycles. The number of hydrogen-bond acceptors (Lipinski definition) is 12. The number of ether oxygens (including phenoxy) is 5. The highest BCUT2D eigenvalue weighted by molar-refractivity contribution is 6.17. The smallest absolute Gasteiger partial charge is 0.312 e. The third-order valence-corrected chi connectivity index (χ3v) is 11.6. The molecule has 1 unspecified atom stereocenters. The van der Waals surface area contributed by atoms with Crippen LogP contribution in [0.3, 0.4) is 0 Å². The van der Waals surface area contributed by atoms with Crippen LogP contribution in [-0.4, -0.2) is 109 Å². The van der Waals surface area contributed by atoms with Crippen LogP contribution >= 0.6 is 11.6 Å². The molecule has 3 aromatic carbocycles. The number of halogens is 1. The maximum Gasteiger partial charge on any atom is 0.312 e. The van der Waals surface area contributed by atoms with Gasteiger partial charge in [-0.05, 0) is 42.7 Å². The van der Waals surface area contributed by atoms with Crippen LogP contribution in [0.1, 0.15) is 63.1 Å². The summed E-state index contributed by atoms with van der Waals surface area (Å²) in [5.74, 6) is 0.242. The number of methoxy groups -OCH3 is 2. The van der Waals surface area contributed by atoms with Gasteiger partial charge in [0.15, 0.2) is 5.78 Å². The van der Waals surface area contributed by atoms with E-state index in [4.69, 9.17) is 41.0 Å². The number of carbonyl (C=O) groups is 4. The number of fused-ring (bicyclic) bond motifs is 6. The van der Waals surface area contributed by atoms with Gasteiger partial charge in [0.25, 0.3) is 5.91 Å². The summed E-state index contributed by atoms with van der Waals surface area (Å²) in [4.78, 5) is 56.0. The first-order valence-corrected chi connectivity index (χ1v) is 19.8. The van der Waals surface area contributed by atoms with Gasteiger partial charge in [-0.2, -0.15) is 0 Å². The second-order valence-corrected chi connectivity index (χ2v) is 15.1. The normalized spacial score (nSPS) is 18.0. The number of hydrogen-bond donors (Lipinski definition) is 2. The summed E-state index contributed by atoms with van der Waals surface area (Å²) in [6.07, 6.45) is 4.21. The lowest BCUT2D eigenvalue weighted by atomic mass is 9.66. The van der Waals surface area contributed by atoms with Gasteiger partial charge in [-0.25, -0.2) is 0 Å². The Balaban J connectivity index is 1.13. The summed E-state index contributed by atoms with van der Waals surface area (Å²) < 4.78 is 27.8. The van der Waals surface area contributed by atoms with E-state index in [1.807, 2.05) is 36.4 Å². The summed E-state index contributed by atoms with van der Waals surface area (Å²) >= 11 is 5.72. The van der Waals surface area contributed by atoms with E-state index in [1.54, 1.807) is 18.2 Å². The lowest BCUT2D eigenvalue weighted by Gasteiger charge is -2.44. The van der Waals surface area contributed by atoms with Crippen molar-refractivity contribution in [3.8, 4) is 11.5 Å². The molecular weight excluding hydrogens is 740 g/mol. The Morgan fingerprint density at radius 1 is 0.768 bits per heavy atom. The van der Waals surface area contributed by atoms with Gasteiger partial charge >= 0.3 is 11.9 Å². The molecule has 2 fully saturated rings. The molecule has 3 aromatic rings. The second-order valence-electron chi connectivity index (χ2n) is 14.7. The first-order chi connectivity index (χ1) is 27.2. The van der Waals surface area contributed by atoms with Crippen molar-refractivity contribution in [2.45, 2.75) is 37.1 Å². The first kappa shape index (κ1) is 39.5. The van der Waals surface area contributed by atoms with E-state index in [1.165, 1.54) is 14.2 Å². The predicted molar refractivity (Wildman–Crippen MR) is 210 cm³/mol. The Morgan fingerprint density at radius 2 is 1.34 bits per heavy atom. The quantitative estimate of drug-likeness (QED) is 0.113. The minimum atomic E-state index is -1.18. The lowest BCUT2D eigenvalue weighted by Crippen LogP contribution is -2.51. The van der Waals surface area contributed by atoms with Crippen molar-refractivity contribution in [1.82, 2.24) is 5.32 Å². The molecule has 56 heavy (non-hydrogen) atoms. The third kappa shape index (κ3) is 7.45. The number of nitrogens with one attached hydrogen (secondary N) is 1. The standard InChI is InChI=1S/C42H49ClN4O9/c1-52-40(50)27-22-46(23-27)29-8-11-32-35(20-29)56-36-21-30(47-24-28(25-47)41(51)53-2)9-12-33(36)42(32)34-19-26(7-10-31(34)37(48)38(42)44)39(49)45-14-16-55-18-17-54-15-6-4-3-5-13-43/h7-12,19-21,27-28,38H,3-6,13-18,22-25,44H2,1-2H3,(H,45,49). The van der Waals surface area contributed by atoms with E-state index in [0.717, 1.165) is 37.1 Å². The molecule has 0 radical (unpaired) electrons. The molecular formula is C42H49ClN4O9. The summed E-state index contributed by atoms with van der Waals surface area (Å²) in [7, 11) is 2.78. The molecule has 3 heterocycles. The van der Waals surface area contributed by atoms with Gasteiger partial charge in [0, 0.05) is 91.0 Å². The second kappa shape index (κ2) is 17.2. The topological polar surface area (TPSA) is 159 Å². The number of nitrogens with zero attached hydrogens (tertiary/aromatic N) is 2.